The van der Waals surface area contributed by atoms with E-state index in [1.165, 1.54) is 6.20 Å². The maximum atomic E-state index is 12.6. The third-order valence-electron chi connectivity index (χ3n) is 3.85. The Morgan fingerprint density at radius 1 is 1.48 bits per heavy atom. The molecule has 0 saturated carbocycles. The number of fused-ring (bicyclic) bond motifs is 1. The number of pyridine rings is 1. The van der Waals surface area contributed by atoms with Crippen molar-refractivity contribution in [2.75, 3.05) is 19.3 Å². The third kappa shape index (κ3) is 3.50. The van der Waals surface area contributed by atoms with Crippen LogP contribution < -0.4 is 4.72 Å². The largest absolute Gasteiger partial charge is 0.337 e. The van der Waals surface area contributed by atoms with Crippen molar-refractivity contribution in [3.63, 3.8) is 0 Å². The molecule has 0 aliphatic carbocycles. The van der Waals surface area contributed by atoms with E-state index in [1.807, 2.05) is 0 Å². The first-order valence-electron chi connectivity index (χ1n) is 7.32. The van der Waals surface area contributed by atoms with Crippen LogP contribution in [0, 0.1) is 6.92 Å². The predicted octanol–water partition coefficient (Wildman–Crippen LogP) is 0.685. The number of piperidine rings is 1. The van der Waals surface area contributed by atoms with Gasteiger partial charge in [0.25, 0.3) is 11.6 Å². The molecule has 1 unspecified atom stereocenters. The summed E-state index contributed by atoms with van der Waals surface area (Å²) in [6, 6.07) is 1.46. The molecule has 0 spiro atoms. The van der Waals surface area contributed by atoms with Crippen LogP contribution in [-0.4, -0.2) is 54.8 Å². The molecule has 0 radical (unpaired) electrons. The van der Waals surface area contributed by atoms with Crippen LogP contribution in [0.1, 0.15) is 28.9 Å². The van der Waals surface area contributed by atoms with Gasteiger partial charge in [0, 0.05) is 25.3 Å². The monoisotopic (exact) mass is 338 g/mol. The van der Waals surface area contributed by atoms with Crippen LogP contribution in [0.3, 0.4) is 0 Å². The molecule has 1 saturated heterocycles. The lowest BCUT2D eigenvalue weighted by molar-refractivity contribution is 0.0703. The minimum Gasteiger partial charge on any atom is -0.337 e. The molecule has 8 nitrogen and oxygen atoms in total. The van der Waals surface area contributed by atoms with Crippen molar-refractivity contribution in [3.05, 3.63) is 23.5 Å². The number of rotatable bonds is 3. The van der Waals surface area contributed by atoms with Crippen LogP contribution in [0.4, 0.5) is 0 Å². The van der Waals surface area contributed by atoms with Crippen LogP contribution in [0.15, 0.2) is 16.8 Å². The van der Waals surface area contributed by atoms with E-state index in [4.69, 9.17) is 4.52 Å². The average molecular weight is 338 g/mol. The molecule has 23 heavy (non-hydrogen) atoms. The summed E-state index contributed by atoms with van der Waals surface area (Å²) in [6.45, 7) is 2.74. The van der Waals surface area contributed by atoms with Gasteiger partial charge in [-0.1, -0.05) is 5.16 Å². The number of sulfonamides is 1. The van der Waals surface area contributed by atoms with Crippen LogP contribution in [0.5, 0.6) is 0 Å². The van der Waals surface area contributed by atoms with E-state index in [2.05, 4.69) is 14.9 Å². The van der Waals surface area contributed by atoms with E-state index in [1.54, 1.807) is 17.9 Å². The second kappa shape index (κ2) is 5.89. The van der Waals surface area contributed by atoms with Gasteiger partial charge in [0.2, 0.25) is 10.0 Å². The van der Waals surface area contributed by atoms with Gasteiger partial charge in [-0.15, -0.1) is 0 Å². The van der Waals surface area contributed by atoms with Crippen molar-refractivity contribution in [2.24, 2.45) is 0 Å². The maximum absolute atomic E-state index is 12.6. The molecule has 2 aromatic heterocycles. The van der Waals surface area contributed by atoms with Crippen LogP contribution in [0.25, 0.3) is 11.1 Å². The lowest BCUT2D eigenvalue weighted by atomic mass is 10.1. The lowest BCUT2D eigenvalue weighted by Crippen LogP contribution is -2.49. The summed E-state index contributed by atoms with van der Waals surface area (Å²) < 4.78 is 30.3. The van der Waals surface area contributed by atoms with E-state index in [9.17, 15) is 13.2 Å². The zero-order valence-corrected chi connectivity index (χ0v) is 13.8. The van der Waals surface area contributed by atoms with Crippen LogP contribution >= 0.6 is 0 Å². The van der Waals surface area contributed by atoms with Gasteiger partial charge in [-0.05, 0) is 25.8 Å². The smallest absolute Gasteiger partial charge is 0.257 e. The molecule has 0 bridgehead atoms. The molecule has 0 aromatic carbocycles. The topological polar surface area (TPSA) is 105 Å². The van der Waals surface area contributed by atoms with Gasteiger partial charge in [-0.3, -0.25) is 4.79 Å². The summed E-state index contributed by atoms with van der Waals surface area (Å²) in [5.74, 6) is -0.167. The van der Waals surface area contributed by atoms with E-state index in [-0.39, 0.29) is 11.9 Å². The van der Waals surface area contributed by atoms with Crippen molar-refractivity contribution < 1.29 is 17.7 Å². The Hall–Kier alpha value is -2.00. The number of amides is 1. The minimum absolute atomic E-state index is 0.167. The number of hydrogen-bond acceptors (Lipinski definition) is 6. The fraction of sp³-hybridized carbons (Fsp3) is 0.500. The summed E-state index contributed by atoms with van der Waals surface area (Å²) >= 11 is 0. The Morgan fingerprint density at radius 2 is 2.26 bits per heavy atom. The van der Waals surface area contributed by atoms with Gasteiger partial charge >= 0.3 is 0 Å². The van der Waals surface area contributed by atoms with Crippen molar-refractivity contribution in [1.29, 1.82) is 0 Å². The number of carbonyl (C=O) groups is 1. The fourth-order valence-corrected chi connectivity index (χ4v) is 3.60. The second-order valence-electron chi connectivity index (χ2n) is 5.83. The summed E-state index contributed by atoms with van der Waals surface area (Å²) in [6.07, 6.45) is 4.06. The number of likely N-dealkylation sites (tertiary alicyclic amines) is 1. The molecule has 1 N–H and O–H groups in total. The van der Waals surface area contributed by atoms with Gasteiger partial charge < -0.3 is 9.42 Å². The molecular weight excluding hydrogens is 320 g/mol. The number of hydrogen-bond donors (Lipinski definition) is 1. The predicted molar refractivity (Wildman–Crippen MR) is 83.4 cm³/mol. The molecule has 2 aromatic rings. The van der Waals surface area contributed by atoms with Gasteiger partial charge in [-0.25, -0.2) is 18.1 Å². The Balaban J connectivity index is 1.79. The first kappa shape index (κ1) is 15.9. The van der Waals surface area contributed by atoms with Crippen LogP contribution in [0.2, 0.25) is 0 Å². The first-order valence-corrected chi connectivity index (χ1v) is 9.21. The fourth-order valence-electron chi connectivity index (χ4n) is 2.81. The molecular formula is C14H18N4O4S. The zero-order chi connectivity index (χ0) is 16.6. The summed E-state index contributed by atoms with van der Waals surface area (Å²) in [7, 11) is -3.29. The molecule has 3 heterocycles. The summed E-state index contributed by atoms with van der Waals surface area (Å²) in [5.41, 5.74) is 1.52. The van der Waals surface area contributed by atoms with Crippen molar-refractivity contribution in [2.45, 2.75) is 25.8 Å². The number of nitrogens with one attached hydrogen (secondary N) is 1. The maximum Gasteiger partial charge on any atom is 0.257 e. The number of carbonyl (C=O) groups excluding carboxylic acids is 1. The highest BCUT2D eigenvalue weighted by Gasteiger charge is 2.26. The zero-order valence-electron chi connectivity index (χ0n) is 12.9. The molecule has 3 rings (SSSR count). The number of nitrogens with zero attached hydrogens (tertiary/aromatic N) is 3. The van der Waals surface area contributed by atoms with Crippen molar-refractivity contribution in [3.8, 4) is 0 Å². The lowest BCUT2D eigenvalue weighted by Gasteiger charge is -2.32. The molecule has 1 aliphatic rings. The summed E-state index contributed by atoms with van der Waals surface area (Å²) in [4.78, 5) is 18.4. The Kier molecular flexibility index (Phi) is 4.07. The molecule has 9 heteroatoms. The second-order valence-corrected chi connectivity index (χ2v) is 7.61. The standard InChI is InChI=1S/C14H18N4O4S/c1-9-12-6-10(7-15-13(12)22-16-9)14(19)18-5-3-4-11(8-18)17-23(2,20)21/h6-7,11,17H,3-5,8H2,1-2H3. The molecule has 1 amide bonds. The van der Waals surface area contributed by atoms with Gasteiger partial charge in [0.15, 0.2) is 0 Å². The number of aromatic nitrogens is 2. The van der Waals surface area contributed by atoms with Gasteiger partial charge in [0.1, 0.15) is 0 Å². The first-order chi connectivity index (χ1) is 10.8. The van der Waals surface area contributed by atoms with Crippen LogP contribution in [-0.2, 0) is 10.0 Å². The molecule has 1 aliphatic heterocycles. The Bertz CT molecular complexity index is 846. The average Bonchev–Trinajstić information content (AvgIpc) is 2.86. The van der Waals surface area contributed by atoms with Crippen molar-refractivity contribution >= 4 is 27.0 Å². The van der Waals surface area contributed by atoms with Crippen molar-refractivity contribution in [1.82, 2.24) is 19.8 Å². The number of aryl methyl sites for hydroxylation is 1. The highest BCUT2D eigenvalue weighted by atomic mass is 32.2. The van der Waals surface area contributed by atoms with E-state index in [0.717, 1.165) is 19.1 Å². The quantitative estimate of drug-likeness (QED) is 0.882. The van der Waals surface area contributed by atoms with E-state index >= 15 is 0 Å². The SMILES string of the molecule is Cc1noc2ncc(C(=O)N3CCCC(NS(C)(=O)=O)C3)cc12. The minimum atomic E-state index is -3.29. The van der Waals surface area contributed by atoms with Gasteiger partial charge in [0.05, 0.1) is 22.9 Å². The summed E-state index contributed by atoms with van der Waals surface area (Å²) in [5, 5.41) is 4.53. The third-order valence-corrected chi connectivity index (χ3v) is 4.61. The molecule has 1 atom stereocenters. The highest BCUT2D eigenvalue weighted by Crippen LogP contribution is 2.19. The van der Waals surface area contributed by atoms with Gasteiger partial charge in [-0.2, -0.15) is 0 Å². The van der Waals surface area contributed by atoms with E-state index in [0.29, 0.717) is 35.4 Å². The Labute approximate surface area is 133 Å². The van der Waals surface area contributed by atoms with E-state index < -0.39 is 10.0 Å². The highest BCUT2D eigenvalue weighted by molar-refractivity contribution is 7.88. The normalized spacial score (nSPS) is 19.2. The molecule has 124 valence electrons. The Morgan fingerprint density at radius 3 is 3.00 bits per heavy atom. The molecule has 1 fully saturated rings.